The molecule has 20 heavy (non-hydrogen) atoms. The van der Waals surface area contributed by atoms with Gasteiger partial charge in [-0.3, -0.25) is 0 Å². The van der Waals surface area contributed by atoms with Gasteiger partial charge in [0.25, 0.3) is 0 Å². The van der Waals surface area contributed by atoms with Gasteiger partial charge in [0, 0.05) is 15.5 Å². The number of anilines is 1. The molecule has 1 aromatic heterocycles. The Morgan fingerprint density at radius 1 is 1.55 bits per heavy atom. The van der Waals surface area contributed by atoms with Crippen LogP contribution in [0.5, 0.6) is 0 Å². The lowest BCUT2D eigenvalue weighted by Crippen LogP contribution is -2.22. The molecular weight excluding hydrogens is 364 g/mol. The summed E-state index contributed by atoms with van der Waals surface area (Å²) in [6.45, 7) is 1.89. The zero-order valence-corrected chi connectivity index (χ0v) is 14.0. The van der Waals surface area contributed by atoms with Gasteiger partial charge in [-0.05, 0) is 41.1 Å². The molecule has 2 rings (SSSR count). The first kappa shape index (κ1) is 15.3. The number of benzene rings is 1. The van der Waals surface area contributed by atoms with Crippen LogP contribution in [0, 0.1) is 6.92 Å². The van der Waals surface area contributed by atoms with Crippen LogP contribution >= 0.6 is 38.9 Å². The lowest BCUT2D eigenvalue weighted by Gasteiger charge is -2.16. The smallest absolute Gasteiger partial charge is 0.334 e. The minimum atomic E-state index is -0.641. The van der Waals surface area contributed by atoms with Gasteiger partial charge >= 0.3 is 5.97 Å². The number of esters is 1. The number of aromatic nitrogens is 1. The van der Waals surface area contributed by atoms with Gasteiger partial charge in [-0.2, -0.15) is 0 Å². The maximum absolute atomic E-state index is 11.9. The molecule has 1 N–H and O–H groups in total. The maximum Gasteiger partial charge on any atom is 0.334 e. The normalized spacial score (nSPS) is 12.0. The van der Waals surface area contributed by atoms with E-state index in [0.717, 1.165) is 15.2 Å². The molecule has 1 unspecified atom stereocenters. The van der Waals surface area contributed by atoms with E-state index in [9.17, 15) is 4.79 Å². The Hall–Kier alpha value is -1.11. The number of carbonyl (C=O) groups excluding carboxylic acids is 1. The van der Waals surface area contributed by atoms with E-state index in [0.29, 0.717) is 10.7 Å². The number of nitrogens with zero attached hydrogens (tertiary/aromatic N) is 1. The molecule has 0 saturated carbocycles. The van der Waals surface area contributed by atoms with Crippen LogP contribution in [0.3, 0.4) is 0 Å². The second-order valence-corrected chi connectivity index (χ2v) is 6.34. The van der Waals surface area contributed by atoms with Crippen molar-refractivity contribution in [2.24, 2.45) is 0 Å². The van der Waals surface area contributed by atoms with Crippen molar-refractivity contribution in [3.05, 3.63) is 43.8 Å². The number of methoxy groups -OCH3 is 1. The van der Waals surface area contributed by atoms with Crippen molar-refractivity contribution in [2.45, 2.75) is 13.0 Å². The predicted octanol–water partition coefficient (Wildman–Crippen LogP) is 4.19. The molecule has 0 saturated heterocycles. The van der Waals surface area contributed by atoms with E-state index < -0.39 is 6.04 Å². The Morgan fingerprint density at radius 2 is 2.30 bits per heavy atom. The standard InChI is InChI=1S/C13H12BrClN2O2S/c1-7-16-11(6-20-7)12(13(18)19-2)17-8-3-4-10(15)9(14)5-8/h3-6,12,17H,1-2H3. The second kappa shape index (κ2) is 6.56. The van der Waals surface area contributed by atoms with Crippen LogP contribution < -0.4 is 5.32 Å². The zero-order valence-electron chi connectivity index (χ0n) is 10.8. The number of halogens is 2. The number of aryl methyl sites for hydroxylation is 1. The van der Waals surface area contributed by atoms with Gasteiger partial charge in [-0.1, -0.05) is 11.6 Å². The van der Waals surface area contributed by atoms with E-state index in [1.54, 1.807) is 18.2 Å². The topological polar surface area (TPSA) is 51.2 Å². The van der Waals surface area contributed by atoms with Crippen LogP contribution in [-0.2, 0) is 9.53 Å². The first-order chi connectivity index (χ1) is 9.51. The largest absolute Gasteiger partial charge is 0.467 e. The summed E-state index contributed by atoms with van der Waals surface area (Å²) >= 11 is 10.8. The van der Waals surface area contributed by atoms with Gasteiger partial charge in [0.1, 0.15) is 0 Å². The molecule has 1 heterocycles. The summed E-state index contributed by atoms with van der Waals surface area (Å²) in [6.07, 6.45) is 0. The first-order valence-corrected chi connectivity index (χ1v) is 7.77. The Labute approximate surface area is 134 Å². The highest BCUT2D eigenvalue weighted by Gasteiger charge is 2.24. The number of thiazole rings is 1. The van der Waals surface area contributed by atoms with E-state index >= 15 is 0 Å². The van der Waals surface area contributed by atoms with Crippen molar-refractivity contribution in [3.63, 3.8) is 0 Å². The van der Waals surface area contributed by atoms with E-state index in [-0.39, 0.29) is 5.97 Å². The maximum atomic E-state index is 11.9. The van der Waals surface area contributed by atoms with Crippen molar-refractivity contribution in [1.29, 1.82) is 0 Å². The van der Waals surface area contributed by atoms with Gasteiger partial charge < -0.3 is 10.1 Å². The molecule has 2 aromatic rings. The number of ether oxygens (including phenoxy) is 1. The highest BCUT2D eigenvalue weighted by atomic mass is 79.9. The predicted molar refractivity (Wildman–Crippen MR) is 84.4 cm³/mol. The van der Waals surface area contributed by atoms with Crippen LogP contribution in [0.25, 0.3) is 0 Å². The molecule has 7 heteroatoms. The molecule has 0 fully saturated rings. The number of carbonyl (C=O) groups is 1. The van der Waals surface area contributed by atoms with E-state index in [1.807, 2.05) is 12.3 Å². The molecule has 0 aliphatic carbocycles. The fourth-order valence-electron chi connectivity index (χ4n) is 1.64. The molecule has 0 bridgehead atoms. The minimum Gasteiger partial charge on any atom is -0.467 e. The van der Waals surface area contributed by atoms with E-state index in [4.69, 9.17) is 16.3 Å². The highest BCUT2D eigenvalue weighted by molar-refractivity contribution is 9.10. The first-order valence-electron chi connectivity index (χ1n) is 5.72. The molecule has 0 aliphatic heterocycles. The Balaban J connectivity index is 2.28. The summed E-state index contributed by atoms with van der Waals surface area (Å²) in [6, 6.07) is 4.70. The van der Waals surface area contributed by atoms with E-state index in [2.05, 4.69) is 26.2 Å². The summed E-state index contributed by atoms with van der Waals surface area (Å²) in [4.78, 5) is 16.3. The second-order valence-electron chi connectivity index (χ2n) is 4.02. The van der Waals surface area contributed by atoms with Crippen LogP contribution in [0.1, 0.15) is 16.7 Å². The van der Waals surface area contributed by atoms with Crippen LogP contribution in [0.4, 0.5) is 5.69 Å². The Bertz CT molecular complexity index is 633. The average molecular weight is 376 g/mol. The lowest BCUT2D eigenvalue weighted by atomic mass is 10.2. The average Bonchev–Trinajstić information content (AvgIpc) is 2.85. The number of nitrogens with one attached hydrogen (secondary N) is 1. The van der Waals surface area contributed by atoms with Gasteiger partial charge in [0.15, 0.2) is 6.04 Å². The third kappa shape index (κ3) is 3.50. The third-order valence-corrected chi connectivity index (χ3v) is 4.61. The van der Waals surface area contributed by atoms with Gasteiger partial charge in [0.2, 0.25) is 0 Å². The van der Waals surface area contributed by atoms with Crippen molar-refractivity contribution < 1.29 is 9.53 Å². The molecule has 0 spiro atoms. The van der Waals surface area contributed by atoms with Gasteiger partial charge in [0.05, 0.1) is 22.8 Å². The van der Waals surface area contributed by atoms with Crippen molar-refractivity contribution >= 4 is 50.5 Å². The Morgan fingerprint density at radius 3 is 2.85 bits per heavy atom. The number of hydrogen-bond acceptors (Lipinski definition) is 5. The van der Waals surface area contributed by atoms with Crippen LogP contribution in [-0.4, -0.2) is 18.1 Å². The summed E-state index contributed by atoms with van der Waals surface area (Å²) in [5, 5.41) is 6.45. The fourth-order valence-corrected chi connectivity index (χ4v) is 2.77. The summed E-state index contributed by atoms with van der Waals surface area (Å²) in [5.74, 6) is -0.388. The number of rotatable bonds is 4. The number of hydrogen-bond donors (Lipinski definition) is 1. The Kier molecular flexibility index (Phi) is 5.01. The van der Waals surface area contributed by atoms with Crippen LogP contribution in [0.2, 0.25) is 5.02 Å². The molecule has 0 radical (unpaired) electrons. The lowest BCUT2D eigenvalue weighted by molar-refractivity contribution is -0.141. The summed E-state index contributed by atoms with van der Waals surface area (Å²) in [7, 11) is 1.36. The molecule has 0 amide bonds. The van der Waals surface area contributed by atoms with Crippen molar-refractivity contribution in [1.82, 2.24) is 4.98 Å². The SMILES string of the molecule is COC(=O)C(Nc1ccc(Cl)c(Br)c1)c1csc(C)n1. The van der Waals surface area contributed by atoms with Gasteiger partial charge in [-0.25, -0.2) is 9.78 Å². The molecule has 106 valence electrons. The summed E-state index contributed by atoms with van der Waals surface area (Å²) < 4.78 is 5.58. The molecular formula is C13H12BrClN2O2S. The summed E-state index contributed by atoms with van der Waals surface area (Å²) in [5.41, 5.74) is 1.40. The fraction of sp³-hybridized carbons (Fsp3) is 0.231. The van der Waals surface area contributed by atoms with E-state index in [1.165, 1.54) is 18.4 Å². The molecule has 1 aromatic carbocycles. The molecule has 0 aliphatic rings. The highest BCUT2D eigenvalue weighted by Crippen LogP contribution is 2.28. The minimum absolute atomic E-state index is 0.388. The van der Waals surface area contributed by atoms with Crippen LogP contribution in [0.15, 0.2) is 28.1 Å². The third-order valence-electron chi connectivity index (χ3n) is 2.60. The zero-order chi connectivity index (χ0) is 14.7. The monoisotopic (exact) mass is 374 g/mol. The van der Waals surface area contributed by atoms with Gasteiger partial charge in [-0.15, -0.1) is 11.3 Å². The molecule has 1 atom stereocenters. The quantitative estimate of drug-likeness (QED) is 0.814. The van der Waals surface area contributed by atoms with Crippen molar-refractivity contribution in [3.8, 4) is 0 Å². The van der Waals surface area contributed by atoms with Crippen molar-refractivity contribution in [2.75, 3.05) is 12.4 Å². The molecule has 4 nitrogen and oxygen atoms in total.